The van der Waals surface area contributed by atoms with Crippen LogP contribution in [0, 0.1) is 0 Å². The third-order valence-corrected chi connectivity index (χ3v) is 2.97. The smallest absolute Gasteiger partial charge is 0.0283 e. The highest BCUT2D eigenvalue weighted by Crippen LogP contribution is 2.29. The molecule has 1 fully saturated rings. The molecule has 2 N–H and O–H groups in total. The van der Waals surface area contributed by atoms with Crippen molar-refractivity contribution in [3.8, 4) is 0 Å². The molecule has 1 aliphatic carbocycles. The van der Waals surface area contributed by atoms with Crippen LogP contribution in [0.2, 0.25) is 0 Å². The van der Waals surface area contributed by atoms with Crippen molar-refractivity contribution < 1.29 is 0 Å². The van der Waals surface area contributed by atoms with Crippen LogP contribution in [-0.2, 0) is 0 Å². The van der Waals surface area contributed by atoms with Crippen molar-refractivity contribution in [1.29, 1.82) is 0 Å². The van der Waals surface area contributed by atoms with Crippen molar-refractivity contribution >= 4 is 0 Å². The van der Waals surface area contributed by atoms with E-state index in [-0.39, 0.29) is 5.54 Å². The van der Waals surface area contributed by atoms with E-state index in [2.05, 4.69) is 18.7 Å². The maximum absolute atomic E-state index is 6.22. The van der Waals surface area contributed by atoms with E-state index in [1.165, 1.54) is 45.2 Å². The van der Waals surface area contributed by atoms with E-state index in [0.717, 1.165) is 6.54 Å². The van der Waals surface area contributed by atoms with E-state index in [9.17, 15) is 0 Å². The fourth-order valence-electron chi connectivity index (χ4n) is 2.14. The van der Waals surface area contributed by atoms with Gasteiger partial charge in [0.05, 0.1) is 0 Å². The quantitative estimate of drug-likeness (QED) is 0.684. The van der Waals surface area contributed by atoms with Gasteiger partial charge in [0.1, 0.15) is 0 Å². The first-order chi connectivity index (χ1) is 6.20. The lowest BCUT2D eigenvalue weighted by Crippen LogP contribution is -2.55. The molecule has 0 saturated heterocycles. The standard InChI is InChI=1S/C11H24N2/c1-3-8-13(9-4-2)10-11(12)6-5-7-11/h3-10,12H2,1-2H3. The van der Waals surface area contributed by atoms with E-state index in [0.29, 0.717) is 0 Å². The normalized spacial score (nSPS) is 20.3. The average molecular weight is 184 g/mol. The first kappa shape index (κ1) is 11.0. The summed E-state index contributed by atoms with van der Waals surface area (Å²) in [5.41, 5.74) is 6.39. The van der Waals surface area contributed by atoms with Crippen molar-refractivity contribution in [3.05, 3.63) is 0 Å². The number of rotatable bonds is 6. The molecule has 0 amide bonds. The van der Waals surface area contributed by atoms with Crippen LogP contribution >= 0.6 is 0 Å². The van der Waals surface area contributed by atoms with Gasteiger partial charge < -0.3 is 10.6 Å². The van der Waals surface area contributed by atoms with Gasteiger partial charge in [-0.3, -0.25) is 0 Å². The Labute approximate surface area is 82.5 Å². The molecule has 1 rings (SSSR count). The molecule has 0 aromatic carbocycles. The molecule has 2 nitrogen and oxygen atoms in total. The molecule has 0 aromatic rings. The van der Waals surface area contributed by atoms with Gasteiger partial charge in [-0.1, -0.05) is 13.8 Å². The predicted octanol–water partition coefficient (Wildman–Crippen LogP) is 1.99. The second-order valence-electron chi connectivity index (χ2n) is 4.49. The molecule has 78 valence electrons. The molecule has 1 saturated carbocycles. The molecule has 2 heteroatoms. The van der Waals surface area contributed by atoms with Crippen molar-refractivity contribution in [2.45, 2.75) is 51.5 Å². The summed E-state index contributed by atoms with van der Waals surface area (Å²) in [5, 5.41) is 0. The Kier molecular flexibility index (Phi) is 4.20. The van der Waals surface area contributed by atoms with Crippen molar-refractivity contribution in [2.75, 3.05) is 19.6 Å². The Morgan fingerprint density at radius 3 is 2.00 bits per heavy atom. The molecule has 0 bridgehead atoms. The number of hydrogen-bond acceptors (Lipinski definition) is 2. The van der Waals surface area contributed by atoms with Gasteiger partial charge in [0.15, 0.2) is 0 Å². The highest BCUT2D eigenvalue weighted by molar-refractivity contribution is 4.95. The number of nitrogens with two attached hydrogens (primary N) is 1. The van der Waals surface area contributed by atoms with E-state index < -0.39 is 0 Å². The lowest BCUT2D eigenvalue weighted by atomic mass is 9.77. The number of hydrogen-bond donors (Lipinski definition) is 1. The van der Waals surface area contributed by atoms with Gasteiger partial charge in [0.25, 0.3) is 0 Å². The fraction of sp³-hybridized carbons (Fsp3) is 1.00. The molecule has 0 heterocycles. The molecule has 0 unspecified atom stereocenters. The van der Waals surface area contributed by atoms with Crippen LogP contribution < -0.4 is 5.73 Å². The Hall–Kier alpha value is -0.0800. The summed E-state index contributed by atoms with van der Waals surface area (Å²) in [6.07, 6.45) is 6.29. The zero-order valence-electron chi connectivity index (χ0n) is 9.18. The summed E-state index contributed by atoms with van der Waals surface area (Å²) >= 11 is 0. The molecule has 0 spiro atoms. The fourth-order valence-corrected chi connectivity index (χ4v) is 2.14. The van der Waals surface area contributed by atoms with Gasteiger partial charge in [0, 0.05) is 12.1 Å². The monoisotopic (exact) mass is 184 g/mol. The lowest BCUT2D eigenvalue weighted by molar-refractivity contribution is 0.144. The molecular weight excluding hydrogens is 160 g/mol. The minimum atomic E-state index is 0.171. The van der Waals surface area contributed by atoms with Crippen LogP contribution in [0.3, 0.4) is 0 Å². The molecular formula is C11H24N2. The summed E-state index contributed by atoms with van der Waals surface area (Å²) in [6.45, 7) is 8.04. The summed E-state index contributed by atoms with van der Waals surface area (Å²) < 4.78 is 0. The highest BCUT2D eigenvalue weighted by atomic mass is 15.1. The second kappa shape index (κ2) is 4.97. The maximum atomic E-state index is 6.22. The molecule has 0 atom stereocenters. The Morgan fingerprint density at radius 2 is 1.69 bits per heavy atom. The van der Waals surface area contributed by atoms with Gasteiger partial charge >= 0.3 is 0 Å². The van der Waals surface area contributed by atoms with Gasteiger partial charge in [-0.25, -0.2) is 0 Å². The van der Waals surface area contributed by atoms with Gasteiger partial charge in [-0.2, -0.15) is 0 Å². The van der Waals surface area contributed by atoms with Crippen LogP contribution in [0.4, 0.5) is 0 Å². The van der Waals surface area contributed by atoms with E-state index in [4.69, 9.17) is 5.73 Å². The Morgan fingerprint density at radius 1 is 1.15 bits per heavy atom. The molecule has 0 aromatic heterocycles. The Bertz CT molecular complexity index is 135. The second-order valence-corrected chi connectivity index (χ2v) is 4.49. The summed E-state index contributed by atoms with van der Waals surface area (Å²) in [4.78, 5) is 2.53. The first-order valence-corrected chi connectivity index (χ1v) is 5.71. The molecule has 13 heavy (non-hydrogen) atoms. The third-order valence-electron chi connectivity index (χ3n) is 2.97. The molecule has 0 aliphatic heterocycles. The topological polar surface area (TPSA) is 29.3 Å². The minimum absolute atomic E-state index is 0.171. The predicted molar refractivity (Wildman–Crippen MR) is 57.8 cm³/mol. The van der Waals surface area contributed by atoms with E-state index in [1.54, 1.807) is 0 Å². The largest absolute Gasteiger partial charge is 0.324 e. The summed E-state index contributed by atoms with van der Waals surface area (Å²) in [6, 6.07) is 0. The minimum Gasteiger partial charge on any atom is -0.324 e. The van der Waals surface area contributed by atoms with Crippen LogP contribution in [0.1, 0.15) is 46.0 Å². The molecule has 1 aliphatic rings. The lowest BCUT2D eigenvalue weighted by Gasteiger charge is -2.42. The van der Waals surface area contributed by atoms with Gasteiger partial charge in [-0.15, -0.1) is 0 Å². The zero-order chi connectivity index (χ0) is 9.73. The third kappa shape index (κ3) is 3.28. The van der Waals surface area contributed by atoms with Crippen LogP contribution in [0.5, 0.6) is 0 Å². The van der Waals surface area contributed by atoms with Crippen molar-refractivity contribution in [3.63, 3.8) is 0 Å². The summed E-state index contributed by atoms with van der Waals surface area (Å²) in [5.74, 6) is 0. The van der Waals surface area contributed by atoms with Gasteiger partial charge in [-0.05, 0) is 45.2 Å². The molecule has 0 radical (unpaired) electrons. The van der Waals surface area contributed by atoms with Crippen LogP contribution in [-0.4, -0.2) is 30.1 Å². The van der Waals surface area contributed by atoms with E-state index in [1.807, 2.05) is 0 Å². The highest BCUT2D eigenvalue weighted by Gasteiger charge is 2.33. The van der Waals surface area contributed by atoms with E-state index >= 15 is 0 Å². The first-order valence-electron chi connectivity index (χ1n) is 5.71. The average Bonchev–Trinajstić information content (AvgIpc) is 2.02. The maximum Gasteiger partial charge on any atom is 0.0283 e. The van der Waals surface area contributed by atoms with Crippen LogP contribution in [0.15, 0.2) is 0 Å². The van der Waals surface area contributed by atoms with Crippen LogP contribution in [0.25, 0.3) is 0 Å². The van der Waals surface area contributed by atoms with Crippen molar-refractivity contribution in [2.24, 2.45) is 5.73 Å². The van der Waals surface area contributed by atoms with Crippen molar-refractivity contribution in [1.82, 2.24) is 4.90 Å². The zero-order valence-corrected chi connectivity index (χ0v) is 9.18. The van der Waals surface area contributed by atoms with Gasteiger partial charge in [0.2, 0.25) is 0 Å². The Balaban J connectivity index is 2.27. The SMILES string of the molecule is CCCN(CCC)CC1(N)CCC1. The number of nitrogens with zero attached hydrogens (tertiary/aromatic N) is 1. The summed E-state index contributed by atoms with van der Waals surface area (Å²) in [7, 11) is 0.